The molecule has 1 aromatic carbocycles. The summed E-state index contributed by atoms with van der Waals surface area (Å²) in [5, 5.41) is 10.6. The number of halogens is 4. The van der Waals surface area contributed by atoms with Crippen LogP contribution in [0.3, 0.4) is 0 Å². The highest BCUT2D eigenvalue weighted by Gasteiger charge is 2.44. The van der Waals surface area contributed by atoms with Crippen LogP contribution in [0.2, 0.25) is 5.02 Å². The number of hydrogen-bond donors (Lipinski definition) is 1. The monoisotopic (exact) mass is 474 g/mol. The summed E-state index contributed by atoms with van der Waals surface area (Å²) < 4.78 is 49.4. The first kappa shape index (κ1) is 23.8. The Bertz CT molecular complexity index is 949. The number of rotatable bonds is 5. The van der Waals surface area contributed by atoms with E-state index in [4.69, 9.17) is 21.1 Å². The molecule has 2 aliphatic rings. The third-order valence-electron chi connectivity index (χ3n) is 5.29. The van der Waals surface area contributed by atoms with Crippen molar-refractivity contribution in [2.45, 2.75) is 45.4 Å². The molecule has 0 heterocycles. The fraction of sp³-hybridized carbons (Fsp3) is 0.500. The molecule has 2 bridgehead atoms. The van der Waals surface area contributed by atoms with E-state index >= 15 is 0 Å². The maximum atomic E-state index is 12.9. The predicted octanol–water partition coefficient (Wildman–Crippen LogP) is 6.04. The molecule has 31 heavy (non-hydrogen) atoms. The Hall–Kier alpha value is -1.82. The van der Waals surface area contributed by atoms with Gasteiger partial charge in [0.15, 0.2) is 6.61 Å². The summed E-state index contributed by atoms with van der Waals surface area (Å²) in [7, 11) is 0. The highest BCUT2D eigenvalue weighted by molar-refractivity contribution is 8.13. The van der Waals surface area contributed by atoms with Gasteiger partial charge in [-0.05, 0) is 56.0 Å². The smallest absolute Gasteiger partial charge is 0.422 e. The van der Waals surface area contributed by atoms with Crippen molar-refractivity contribution in [3.8, 4) is 17.6 Å². The number of aliphatic hydroxyl groups is 1. The maximum Gasteiger partial charge on any atom is 0.422 e. The van der Waals surface area contributed by atoms with E-state index in [1.54, 1.807) is 13.8 Å². The van der Waals surface area contributed by atoms with E-state index < -0.39 is 24.2 Å². The van der Waals surface area contributed by atoms with Crippen LogP contribution in [0.4, 0.5) is 18.0 Å². The number of carbonyl (C=O) groups is 1. The van der Waals surface area contributed by atoms with Crippen molar-refractivity contribution in [1.82, 2.24) is 0 Å². The van der Waals surface area contributed by atoms with Gasteiger partial charge in [-0.2, -0.15) is 13.2 Å². The molecule has 3 rings (SSSR count). The molecular formula is C22H22ClF3O4S. The quantitative estimate of drug-likeness (QED) is 0.416. The molecule has 0 saturated heterocycles. The van der Waals surface area contributed by atoms with Crippen molar-refractivity contribution in [2.24, 2.45) is 11.8 Å². The highest BCUT2D eigenvalue weighted by atomic mass is 35.5. The second-order valence-electron chi connectivity index (χ2n) is 7.39. The summed E-state index contributed by atoms with van der Waals surface area (Å²) in [5.41, 5.74) is 0.713. The lowest BCUT2D eigenvalue weighted by Gasteiger charge is -2.31. The van der Waals surface area contributed by atoms with E-state index in [0.29, 0.717) is 30.6 Å². The van der Waals surface area contributed by atoms with Gasteiger partial charge in [-0.3, -0.25) is 0 Å². The van der Waals surface area contributed by atoms with Gasteiger partial charge in [0, 0.05) is 28.4 Å². The minimum Gasteiger partial charge on any atom is -0.483 e. The third-order valence-corrected chi connectivity index (χ3v) is 6.20. The summed E-state index contributed by atoms with van der Waals surface area (Å²) in [6.45, 7) is 1.86. The maximum absolute atomic E-state index is 12.9. The third kappa shape index (κ3) is 5.51. The van der Waals surface area contributed by atoms with Gasteiger partial charge < -0.3 is 14.6 Å². The van der Waals surface area contributed by atoms with Crippen LogP contribution in [0, 0.1) is 23.7 Å². The second-order valence-corrected chi connectivity index (χ2v) is 8.99. The highest BCUT2D eigenvalue weighted by Crippen LogP contribution is 2.52. The zero-order valence-electron chi connectivity index (χ0n) is 17.0. The molecule has 2 aliphatic carbocycles. The molecule has 1 aromatic rings. The zero-order valence-corrected chi connectivity index (χ0v) is 18.6. The topological polar surface area (TPSA) is 55.8 Å². The molecule has 168 valence electrons. The van der Waals surface area contributed by atoms with Crippen molar-refractivity contribution in [3.05, 3.63) is 34.0 Å². The van der Waals surface area contributed by atoms with Gasteiger partial charge in [-0.25, -0.2) is 4.79 Å². The number of aliphatic hydroxyl groups excluding tert-OH is 1. The number of thioether (sulfide) groups is 1. The largest absolute Gasteiger partial charge is 0.483 e. The standard InChI is InChI=1S/C22H22ClF3O4S/c1-3-5-12-8-15(23)17(16(9-12)29-11-22(24,25)26)18-19(27)13-6-7-14(10-13)20(18)30-21(28)31-4-2/h8-9,13-14,19,27H,4,6-7,10-11H2,1-2H3. The normalized spacial score (nSPS) is 22.7. The van der Waals surface area contributed by atoms with Crippen LogP contribution < -0.4 is 4.74 Å². The van der Waals surface area contributed by atoms with Crippen LogP contribution in [-0.4, -0.2) is 35.0 Å². The van der Waals surface area contributed by atoms with Gasteiger partial charge in [0.2, 0.25) is 0 Å². The van der Waals surface area contributed by atoms with E-state index in [9.17, 15) is 23.1 Å². The van der Waals surface area contributed by atoms with E-state index in [1.807, 2.05) is 0 Å². The summed E-state index contributed by atoms with van der Waals surface area (Å²) >= 11 is 7.45. The molecule has 0 spiro atoms. The van der Waals surface area contributed by atoms with E-state index in [2.05, 4.69) is 11.8 Å². The van der Waals surface area contributed by atoms with Gasteiger partial charge in [0.1, 0.15) is 11.5 Å². The molecule has 1 saturated carbocycles. The number of carbonyl (C=O) groups excluding carboxylic acids is 1. The molecule has 3 unspecified atom stereocenters. The molecule has 4 nitrogen and oxygen atoms in total. The van der Waals surface area contributed by atoms with Crippen LogP contribution in [0.5, 0.6) is 5.75 Å². The first-order chi connectivity index (χ1) is 14.6. The van der Waals surface area contributed by atoms with Crippen LogP contribution in [0.25, 0.3) is 5.57 Å². The zero-order chi connectivity index (χ0) is 22.8. The van der Waals surface area contributed by atoms with Crippen molar-refractivity contribution in [1.29, 1.82) is 0 Å². The fourth-order valence-electron chi connectivity index (χ4n) is 4.12. The number of alkyl halides is 3. The number of benzene rings is 1. The van der Waals surface area contributed by atoms with Crippen LogP contribution >= 0.6 is 23.4 Å². The van der Waals surface area contributed by atoms with Gasteiger partial charge in [-0.15, -0.1) is 5.92 Å². The van der Waals surface area contributed by atoms with E-state index in [-0.39, 0.29) is 39.5 Å². The lowest BCUT2D eigenvalue weighted by Crippen LogP contribution is -2.28. The van der Waals surface area contributed by atoms with Crippen LogP contribution in [0.1, 0.15) is 44.2 Å². The molecule has 0 radical (unpaired) electrons. The summed E-state index contributed by atoms with van der Waals surface area (Å²) in [6, 6.07) is 2.87. The minimum atomic E-state index is -4.57. The number of hydrogen-bond acceptors (Lipinski definition) is 5. The van der Waals surface area contributed by atoms with Crippen LogP contribution in [0.15, 0.2) is 17.9 Å². The molecule has 1 N–H and O–H groups in total. The predicted molar refractivity (Wildman–Crippen MR) is 114 cm³/mol. The van der Waals surface area contributed by atoms with Gasteiger partial charge in [0.05, 0.1) is 11.1 Å². The average molecular weight is 475 g/mol. The molecule has 0 amide bonds. The van der Waals surface area contributed by atoms with Gasteiger partial charge >= 0.3 is 11.5 Å². The molecule has 0 aromatic heterocycles. The average Bonchev–Trinajstić information content (AvgIpc) is 3.12. The second kappa shape index (κ2) is 9.76. The lowest BCUT2D eigenvalue weighted by molar-refractivity contribution is -0.153. The van der Waals surface area contributed by atoms with Crippen molar-refractivity contribution >= 4 is 34.2 Å². The fourth-order valence-corrected chi connectivity index (χ4v) is 4.82. The number of fused-ring (bicyclic) bond motifs is 2. The Kier molecular flexibility index (Phi) is 7.51. The van der Waals surface area contributed by atoms with E-state index in [0.717, 1.165) is 11.8 Å². The molecule has 9 heteroatoms. The van der Waals surface area contributed by atoms with Gasteiger partial charge in [0.25, 0.3) is 0 Å². The SMILES string of the molecule is CC#Cc1cc(Cl)c(C2=C(OC(=O)SCC)C3CCC(C3)C2O)c(OCC(F)(F)F)c1. The first-order valence-corrected chi connectivity index (χ1v) is 11.2. The molecule has 0 aliphatic heterocycles. The Morgan fingerprint density at radius 3 is 2.74 bits per heavy atom. The minimum absolute atomic E-state index is 0.0736. The van der Waals surface area contributed by atoms with Gasteiger partial charge in [-0.1, -0.05) is 24.4 Å². The Balaban J connectivity index is 2.17. The van der Waals surface area contributed by atoms with Crippen LogP contribution in [-0.2, 0) is 4.74 Å². The Morgan fingerprint density at radius 2 is 2.10 bits per heavy atom. The molecule has 3 atom stereocenters. The van der Waals surface area contributed by atoms with Crippen molar-refractivity contribution in [3.63, 3.8) is 0 Å². The lowest BCUT2D eigenvalue weighted by atomic mass is 9.81. The summed E-state index contributed by atoms with van der Waals surface area (Å²) in [5.74, 6) is 5.82. The van der Waals surface area contributed by atoms with Crippen molar-refractivity contribution in [2.75, 3.05) is 12.4 Å². The Morgan fingerprint density at radius 1 is 1.35 bits per heavy atom. The number of ether oxygens (including phenoxy) is 2. The number of allylic oxidation sites excluding steroid dienone is 1. The van der Waals surface area contributed by atoms with E-state index in [1.165, 1.54) is 12.1 Å². The van der Waals surface area contributed by atoms with Crippen molar-refractivity contribution < 1.29 is 32.5 Å². The Labute approximate surface area is 188 Å². The summed E-state index contributed by atoms with van der Waals surface area (Å²) in [6.07, 6.45) is -3.54. The first-order valence-electron chi connectivity index (χ1n) is 9.87. The molecule has 1 fully saturated rings. The summed E-state index contributed by atoms with van der Waals surface area (Å²) in [4.78, 5) is 12.2. The molecular weight excluding hydrogens is 453 g/mol.